The fraction of sp³-hybridized carbons (Fsp3) is 0.286. The van der Waals surface area contributed by atoms with Crippen LogP contribution in [0.2, 0.25) is 0 Å². The van der Waals surface area contributed by atoms with Crippen molar-refractivity contribution in [2.24, 2.45) is 17.3 Å². The van der Waals surface area contributed by atoms with E-state index in [9.17, 15) is 14.9 Å². The Balaban J connectivity index is 1.73. The van der Waals surface area contributed by atoms with Crippen molar-refractivity contribution < 1.29 is 19.1 Å². The summed E-state index contributed by atoms with van der Waals surface area (Å²) in [6.45, 7) is 3.68. The van der Waals surface area contributed by atoms with Gasteiger partial charge in [-0.05, 0) is 29.7 Å². The Labute approximate surface area is 152 Å². The summed E-state index contributed by atoms with van der Waals surface area (Å²) in [7, 11) is 0. The summed E-state index contributed by atoms with van der Waals surface area (Å²) in [4.78, 5) is 23.4. The number of hydrogen-bond acceptors (Lipinski definition) is 5. The molecule has 3 atom stereocenters. The molecule has 0 saturated heterocycles. The first-order valence-corrected chi connectivity index (χ1v) is 8.35. The largest absolute Gasteiger partial charge is 0.457 e. The number of nitriles is 1. The van der Waals surface area contributed by atoms with Crippen LogP contribution in [0.3, 0.4) is 0 Å². The summed E-state index contributed by atoms with van der Waals surface area (Å²) in [5.41, 5.74) is 0.104. The number of aldehydes is 1. The van der Waals surface area contributed by atoms with Gasteiger partial charge in [-0.15, -0.1) is 0 Å². The molecule has 1 aliphatic rings. The maximum atomic E-state index is 12.3. The van der Waals surface area contributed by atoms with Crippen molar-refractivity contribution in [3.63, 3.8) is 0 Å². The highest BCUT2D eigenvalue weighted by Gasteiger charge is 2.63. The maximum absolute atomic E-state index is 12.3. The van der Waals surface area contributed by atoms with E-state index in [4.69, 9.17) is 9.47 Å². The van der Waals surface area contributed by atoms with Crippen LogP contribution < -0.4 is 4.74 Å². The predicted octanol–water partition coefficient (Wildman–Crippen LogP) is 4.06. The molecule has 0 aromatic heterocycles. The van der Waals surface area contributed by atoms with Crippen LogP contribution in [0.25, 0.3) is 0 Å². The number of rotatable bonds is 6. The van der Waals surface area contributed by atoms with Crippen LogP contribution in [0, 0.1) is 28.6 Å². The van der Waals surface area contributed by atoms with Crippen LogP contribution in [0.1, 0.15) is 25.5 Å². The molecule has 2 unspecified atom stereocenters. The van der Waals surface area contributed by atoms with Crippen LogP contribution in [0.15, 0.2) is 54.6 Å². The second-order valence-electron chi connectivity index (χ2n) is 6.89. The molecule has 0 amide bonds. The number of hydrogen-bond donors (Lipinski definition) is 0. The quantitative estimate of drug-likeness (QED) is 0.581. The molecule has 2 aromatic rings. The summed E-state index contributed by atoms with van der Waals surface area (Å²) >= 11 is 0. The first kappa shape index (κ1) is 17.7. The number of carbonyl (C=O) groups is 2. The van der Waals surface area contributed by atoms with Crippen LogP contribution in [0.4, 0.5) is 0 Å². The molecule has 0 N–H and O–H groups in total. The lowest BCUT2D eigenvalue weighted by Gasteiger charge is -2.13. The summed E-state index contributed by atoms with van der Waals surface area (Å²) in [5.74, 6) is -0.166. The van der Waals surface area contributed by atoms with Gasteiger partial charge in [-0.1, -0.05) is 44.2 Å². The molecule has 1 fully saturated rings. The fourth-order valence-electron chi connectivity index (χ4n) is 3.11. The van der Waals surface area contributed by atoms with Gasteiger partial charge in [0, 0.05) is 11.5 Å². The Morgan fingerprint density at radius 2 is 1.85 bits per heavy atom. The van der Waals surface area contributed by atoms with Gasteiger partial charge in [-0.2, -0.15) is 5.26 Å². The lowest BCUT2D eigenvalue weighted by Crippen LogP contribution is -2.14. The third-order valence-electron chi connectivity index (χ3n) is 4.80. The third-order valence-corrected chi connectivity index (χ3v) is 4.80. The molecule has 0 heterocycles. The fourth-order valence-corrected chi connectivity index (χ4v) is 3.11. The molecular weight excluding hydrogens is 330 g/mol. The van der Waals surface area contributed by atoms with E-state index in [0.717, 1.165) is 6.29 Å². The summed E-state index contributed by atoms with van der Waals surface area (Å²) in [6.07, 6.45) is -0.271. The highest BCUT2D eigenvalue weighted by Crippen LogP contribution is 2.57. The van der Waals surface area contributed by atoms with Gasteiger partial charge in [0.1, 0.15) is 23.9 Å². The van der Waals surface area contributed by atoms with Crippen molar-refractivity contribution in [2.45, 2.75) is 20.0 Å². The minimum absolute atomic E-state index is 0.359. The summed E-state index contributed by atoms with van der Waals surface area (Å²) in [6, 6.07) is 18.1. The molecule has 5 heteroatoms. The lowest BCUT2D eigenvalue weighted by molar-refractivity contribution is -0.149. The van der Waals surface area contributed by atoms with Crippen molar-refractivity contribution in [3.8, 4) is 17.6 Å². The van der Waals surface area contributed by atoms with E-state index >= 15 is 0 Å². The highest BCUT2D eigenvalue weighted by molar-refractivity contribution is 5.84. The van der Waals surface area contributed by atoms with Gasteiger partial charge in [0.05, 0.1) is 5.92 Å². The van der Waals surface area contributed by atoms with Crippen molar-refractivity contribution in [1.82, 2.24) is 0 Å². The van der Waals surface area contributed by atoms with Gasteiger partial charge in [0.2, 0.25) is 6.10 Å². The first-order valence-electron chi connectivity index (χ1n) is 8.35. The van der Waals surface area contributed by atoms with Gasteiger partial charge < -0.3 is 14.3 Å². The average molecular weight is 349 g/mol. The second kappa shape index (κ2) is 7.01. The Kier molecular flexibility index (Phi) is 4.77. The van der Waals surface area contributed by atoms with Crippen molar-refractivity contribution in [2.75, 3.05) is 0 Å². The van der Waals surface area contributed by atoms with Gasteiger partial charge in [-0.3, -0.25) is 4.79 Å². The highest BCUT2D eigenvalue weighted by atomic mass is 16.5. The van der Waals surface area contributed by atoms with Crippen molar-refractivity contribution in [1.29, 1.82) is 5.26 Å². The maximum Gasteiger partial charge on any atom is 0.311 e. The second-order valence-corrected chi connectivity index (χ2v) is 6.89. The zero-order valence-corrected chi connectivity index (χ0v) is 14.6. The molecule has 0 radical (unpaired) electrons. The summed E-state index contributed by atoms with van der Waals surface area (Å²) < 4.78 is 11.1. The van der Waals surface area contributed by atoms with E-state index in [1.54, 1.807) is 24.3 Å². The smallest absolute Gasteiger partial charge is 0.311 e. The van der Waals surface area contributed by atoms with Crippen LogP contribution in [-0.2, 0) is 14.3 Å². The van der Waals surface area contributed by atoms with E-state index in [-0.39, 0.29) is 5.92 Å². The van der Waals surface area contributed by atoms with Crippen molar-refractivity contribution in [3.05, 3.63) is 60.2 Å². The Morgan fingerprint density at radius 1 is 1.15 bits per heavy atom. The van der Waals surface area contributed by atoms with E-state index in [1.807, 2.05) is 50.2 Å². The minimum atomic E-state index is -1.05. The van der Waals surface area contributed by atoms with E-state index in [0.29, 0.717) is 17.1 Å². The number of carbonyl (C=O) groups excluding carboxylic acids is 2. The zero-order chi connectivity index (χ0) is 18.7. The Morgan fingerprint density at radius 3 is 2.46 bits per heavy atom. The first-order chi connectivity index (χ1) is 12.5. The van der Waals surface area contributed by atoms with E-state index in [2.05, 4.69) is 0 Å². The number of para-hydroxylation sites is 1. The topological polar surface area (TPSA) is 76.4 Å². The monoisotopic (exact) mass is 349 g/mol. The lowest BCUT2D eigenvalue weighted by atomic mass is 10.1. The van der Waals surface area contributed by atoms with Crippen molar-refractivity contribution >= 4 is 12.3 Å². The Hall–Kier alpha value is -3.13. The normalized spacial score (nSPS) is 21.1. The molecule has 2 aromatic carbocycles. The SMILES string of the molecule is CC1(C)C(C=O)C1C(=O)O[C@@H](C#N)c1cccc(Oc2ccccc2)c1. The van der Waals surface area contributed by atoms with Gasteiger partial charge in [0.15, 0.2) is 0 Å². The predicted molar refractivity (Wildman–Crippen MR) is 94.2 cm³/mol. The average Bonchev–Trinajstić information content (AvgIpc) is 3.21. The van der Waals surface area contributed by atoms with Crippen LogP contribution in [0.5, 0.6) is 11.5 Å². The molecular formula is C21H19NO4. The number of esters is 1. The number of ether oxygens (including phenoxy) is 2. The zero-order valence-electron chi connectivity index (χ0n) is 14.6. The number of nitrogens with zero attached hydrogens (tertiary/aromatic N) is 1. The van der Waals surface area contributed by atoms with Crippen LogP contribution >= 0.6 is 0 Å². The molecule has 26 heavy (non-hydrogen) atoms. The molecule has 0 spiro atoms. The molecule has 1 saturated carbocycles. The van der Waals surface area contributed by atoms with Gasteiger partial charge >= 0.3 is 5.97 Å². The van der Waals surface area contributed by atoms with Gasteiger partial charge in [-0.25, -0.2) is 0 Å². The molecule has 1 aliphatic carbocycles. The van der Waals surface area contributed by atoms with E-state index in [1.165, 1.54) is 0 Å². The standard InChI is InChI=1S/C21H19NO4/c1-21(2)17(13-23)19(21)20(24)26-18(12-22)14-7-6-10-16(11-14)25-15-8-4-3-5-9-15/h3-11,13,17-19H,1-2H3/t17?,18-,19?/m0/s1. The molecule has 5 nitrogen and oxygen atoms in total. The summed E-state index contributed by atoms with van der Waals surface area (Å²) in [5, 5.41) is 9.43. The molecule has 3 rings (SSSR count). The Bertz CT molecular complexity index is 854. The molecule has 0 aliphatic heterocycles. The van der Waals surface area contributed by atoms with E-state index < -0.39 is 23.4 Å². The minimum Gasteiger partial charge on any atom is -0.457 e. The third kappa shape index (κ3) is 3.45. The molecule has 0 bridgehead atoms. The van der Waals surface area contributed by atoms with Gasteiger partial charge in [0.25, 0.3) is 0 Å². The number of benzene rings is 2. The molecule has 132 valence electrons. The van der Waals surface area contributed by atoms with Crippen LogP contribution in [-0.4, -0.2) is 12.3 Å².